The zero-order chi connectivity index (χ0) is 11.4. The van der Waals surface area contributed by atoms with Crippen LogP contribution in [-0.4, -0.2) is 37.4 Å². The Bertz CT molecular complexity index is 311. The average molecular weight is 220 g/mol. The molecule has 0 aliphatic heterocycles. The second-order valence-corrected chi connectivity index (χ2v) is 4.55. The number of aliphatic hydroxyl groups excluding tert-OH is 1. The Labute approximate surface area is 97.1 Å². The number of aliphatic hydroxyl groups is 1. The number of likely N-dealkylation sites (N-methyl/N-ethyl adjacent to an activating group) is 1. The Hall–Kier alpha value is -1.06. The number of nitrogens with zero attached hydrogens (tertiary/aromatic N) is 1. The maximum Gasteiger partial charge on any atom is 0.0839 e. The molecule has 2 rings (SSSR count). The van der Waals surface area contributed by atoms with Crippen LogP contribution >= 0.6 is 0 Å². The van der Waals surface area contributed by atoms with Gasteiger partial charge in [0.2, 0.25) is 0 Å². The number of hydrogen-bond donors (Lipinski definition) is 2. The lowest BCUT2D eigenvalue weighted by Crippen LogP contribution is -2.37. The summed E-state index contributed by atoms with van der Waals surface area (Å²) in [6, 6.07) is 10.8. The molecule has 1 aromatic rings. The number of para-hydroxylation sites is 1. The van der Waals surface area contributed by atoms with Gasteiger partial charge in [-0.3, -0.25) is 0 Å². The molecule has 0 saturated heterocycles. The normalized spacial score (nSPS) is 17.1. The molecular weight excluding hydrogens is 200 g/mol. The van der Waals surface area contributed by atoms with Crippen LogP contribution in [0.5, 0.6) is 0 Å². The van der Waals surface area contributed by atoms with Gasteiger partial charge in [-0.1, -0.05) is 18.2 Å². The number of benzene rings is 1. The third-order valence-electron chi connectivity index (χ3n) is 2.90. The minimum absolute atomic E-state index is 0.300. The first kappa shape index (κ1) is 11.4. The molecule has 1 unspecified atom stereocenters. The molecule has 1 aromatic carbocycles. The highest BCUT2D eigenvalue weighted by atomic mass is 16.3. The van der Waals surface area contributed by atoms with Crippen molar-refractivity contribution in [2.75, 3.05) is 25.0 Å². The summed E-state index contributed by atoms with van der Waals surface area (Å²) in [5.74, 6) is 0. The van der Waals surface area contributed by atoms with Crippen LogP contribution in [0.3, 0.4) is 0 Å². The first-order valence-electron chi connectivity index (χ1n) is 5.93. The minimum atomic E-state index is -0.300. The fraction of sp³-hybridized carbons (Fsp3) is 0.538. The maximum atomic E-state index is 9.85. The Morgan fingerprint density at radius 3 is 2.69 bits per heavy atom. The van der Waals surface area contributed by atoms with Crippen molar-refractivity contribution in [3.05, 3.63) is 30.3 Å². The fourth-order valence-corrected chi connectivity index (χ4v) is 1.76. The molecule has 88 valence electrons. The van der Waals surface area contributed by atoms with Crippen LogP contribution in [0.15, 0.2) is 30.3 Å². The monoisotopic (exact) mass is 220 g/mol. The van der Waals surface area contributed by atoms with E-state index >= 15 is 0 Å². The van der Waals surface area contributed by atoms with Crippen LogP contribution in [-0.2, 0) is 0 Å². The van der Waals surface area contributed by atoms with E-state index in [0.29, 0.717) is 19.1 Å². The molecule has 1 atom stereocenters. The van der Waals surface area contributed by atoms with Crippen molar-refractivity contribution in [3.8, 4) is 0 Å². The molecule has 0 spiro atoms. The van der Waals surface area contributed by atoms with E-state index in [1.165, 1.54) is 12.8 Å². The number of nitrogens with one attached hydrogen (secondary N) is 1. The topological polar surface area (TPSA) is 35.5 Å². The zero-order valence-corrected chi connectivity index (χ0v) is 9.76. The summed E-state index contributed by atoms with van der Waals surface area (Å²) < 4.78 is 0. The van der Waals surface area contributed by atoms with Crippen molar-refractivity contribution >= 4 is 5.69 Å². The van der Waals surface area contributed by atoms with E-state index in [1.807, 2.05) is 25.2 Å². The van der Waals surface area contributed by atoms with Gasteiger partial charge < -0.3 is 15.3 Å². The van der Waals surface area contributed by atoms with Crippen LogP contribution in [0.4, 0.5) is 5.69 Å². The summed E-state index contributed by atoms with van der Waals surface area (Å²) in [5, 5.41) is 13.2. The fourth-order valence-electron chi connectivity index (χ4n) is 1.76. The largest absolute Gasteiger partial charge is 0.390 e. The number of hydrogen-bond acceptors (Lipinski definition) is 3. The summed E-state index contributed by atoms with van der Waals surface area (Å²) in [5.41, 5.74) is 1.15. The van der Waals surface area contributed by atoms with Gasteiger partial charge in [-0.05, 0) is 25.0 Å². The molecular formula is C13H20N2O. The van der Waals surface area contributed by atoms with E-state index in [1.54, 1.807) is 0 Å². The Morgan fingerprint density at radius 1 is 1.38 bits per heavy atom. The van der Waals surface area contributed by atoms with E-state index in [2.05, 4.69) is 22.3 Å². The third kappa shape index (κ3) is 3.51. The second kappa shape index (κ2) is 5.32. The molecule has 1 saturated carbocycles. The van der Waals surface area contributed by atoms with Crippen molar-refractivity contribution in [3.63, 3.8) is 0 Å². The van der Waals surface area contributed by atoms with E-state index in [-0.39, 0.29) is 6.10 Å². The third-order valence-corrected chi connectivity index (χ3v) is 2.90. The van der Waals surface area contributed by atoms with Gasteiger partial charge in [-0.2, -0.15) is 0 Å². The van der Waals surface area contributed by atoms with Crippen LogP contribution in [0.1, 0.15) is 12.8 Å². The summed E-state index contributed by atoms with van der Waals surface area (Å²) >= 11 is 0. The molecule has 0 aromatic heterocycles. The van der Waals surface area contributed by atoms with E-state index in [9.17, 15) is 5.11 Å². The summed E-state index contributed by atoms with van der Waals surface area (Å²) in [4.78, 5) is 2.08. The number of anilines is 1. The molecule has 1 aliphatic carbocycles. The quantitative estimate of drug-likeness (QED) is 0.757. The molecule has 0 radical (unpaired) electrons. The molecule has 1 aliphatic rings. The highest BCUT2D eigenvalue weighted by Gasteiger charge is 2.21. The lowest BCUT2D eigenvalue weighted by Gasteiger charge is -2.22. The van der Waals surface area contributed by atoms with Gasteiger partial charge in [-0.25, -0.2) is 0 Å². The van der Waals surface area contributed by atoms with Crippen LogP contribution < -0.4 is 10.2 Å². The first-order valence-corrected chi connectivity index (χ1v) is 5.93. The molecule has 0 amide bonds. The smallest absolute Gasteiger partial charge is 0.0839 e. The van der Waals surface area contributed by atoms with Crippen molar-refractivity contribution in [1.29, 1.82) is 0 Å². The van der Waals surface area contributed by atoms with Crippen molar-refractivity contribution < 1.29 is 5.11 Å². The van der Waals surface area contributed by atoms with E-state index in [4.69, 9.17) is 0 Å². The van der Waals surface area contributed by atoms with Crippen molar-refractivity contribution in [2.45, 2.75) is 25.0 Å². The highest BCUT2D eigenvalue weighted by Crippen LogP contribution is 2.18. The maximum absolute atomic E-state index is 9.85. The molecule has 3 nitrogen and oxygen atoms in total. The van der Waals surface area contributed by atoms with Crippen LogP contribution in [0.25, 0.3) is 0 Å². The Balaban J connectivity index is 1.74. The van der Waals surface area contributed by atoms with E-state index in [0.717, 1.165) is 5.69 Å². The number of rotatable bonds is 6. The Morgan fingerprint density at radius 2 is 2.06 bits per heavy atom. The first-order chi connectivity index (χ1) is 7.75. The summed E-state index contributed by atoms with van der Waals surface area (Å²) in [7, 11) is 2.01. The van der Waals surface area contributed by atoms with Gasteiger partial charge in [0.15, 0.2) is 0 Å². The Kier molecular flexibility index (Phi) is 3.80. The van der Waals surface area contributed by atoms with Crippen molar-refractivity contribution in [1.82, 2.24) is 5.32 Å². The molecule has 3 heteroatoms. The lowest BCUT2D eigenvalue weighted by atomic mass is 10.2. The van der Waals surface area contributed by atoms with Gasteiger partial charge in [0.25, 0.3) is 0 Å². The predicted octanol–water partition coefficient (Wildman–Crippen LogP) is 1.24. The zero-order valence-electron chi connectivity index (χ0n) is 9.76. The summed E-state index contributed by atoms with van der Waals surface area (Å²) in [6.45, 7) is 1.37. The van der Waals surface area contributed by atoms with Crippen LogP contribution in [0.2, 0.25) is 0 Å². The molecule has 0 heterocycles. The summed E-state index contributed by atoms with van der Waals surface area (Å²) in [6.07, 6.45) is 2.23. The predicted molar refractivity (Wildman–Crippen MR) is 66.7 cm³/mol. The van der Waals surface area contributed by atoms with Crippen LogP contribution in [0, 0.1) is 0 Å². The average Bonchev–Trinajstić information content (AvgIpc) is 3.11. The minimum Gasteiger partial charge on any atom is -0.390 e. The van der Waals surface area contributed by atoms with E-state index < -0.39 is 0 Å². The van der Waals surface area contributed by atoms with Gasteiger partial charge in [0.05, 0.1) is 6.10 Å². The van der Waals surface area contributed by atoms with Crippen molar-refractivity contribution in [2.24, 2.45) is 0 Å². The van der Waals surface area contributed by atoms with Gasteiger partial charge >= 0.3 is 0 Å². The van der Waals surface area contributed by atoms with Gasteiger partial charge in [0.1, 0.15) is 0 Å². The highest BCUT2D eigenvalue weighted by molar-refractivity contribution is 5.45. The van der Waals surface area contributed by atoms with Gasteiger partial charge in [-0.15, -0.1) is 0 Å². The molecule has 16 heavy (non-hydrogen) atoms. The molecule has 1 fully saturated rings. The SMILES string of the molecule is CN(CC(O)CNC1CC1)c1ccccc1. The second-order valence-electron chi connectivity index (χ2n) is 4.55. The van der Waals surface area contributed by atoms with Gasteiger partial charge in [0, 0.05) is 31.9 Å². The standard InChI is InChI=1S/C13H20N2O/c1-15(12-5-3-2-4-6-12)10-13(16)9-14-11-7-8-11/h2-6,11,13-14,16H,7-10H2,1H3. The molecule has 2 N–H and O–H groups in total. The molecule has 0 bridgehead atoms. The lowest BCUT2D eigenvalue weighted by molar-refractivity contribution is 0.177.